The van der Waals surface area contributed by atoms with Crippen LogP contribution in [0, 0.1) is 5.92 Å². The van der Waals surface area contributed by atoms with Gasteiger partial charge in [-0.05, 0) is 97.5 Å². The fraction of sp³-hybridized carbons (Fsp3) is 0.857. The van der Waals surface area contributed by atoms with Crippen LogP contribution in [0.1, 0.15) is 138 Å². The van der Waals surface area contributed by atoms with Gasteiger partial charge in [-0.25, -0.2) is 8.37 Å². The Kier molecular flexibility index (Phi) is 16.1. The summed E-state index contributed by atoms with van der Waals surface area (Å²) in [5.74, 6) is 0.0693. The van der Waals surface area contributed by atoms with Crippen LogP contribution < -0.4 is 0 Å². The number of aliphatic hydroxyl groups excluding tert-OH is 1. The van der Waals surface area contributed by atoms with E-state index in [-0.39, 0.29) is 86.7 Å². The molecule has 0 unspecified atom stereocenters. The second kappa shape index (κ2) is 21.6. The van der Waals surface area contributed by atoms with Crippen LogP contribution in [-0.2, 0) is 81.3 Å². The fourth-order valence-electron chi connectivity index (χ4n) is 15.5. The summed E-state index contributed by atoms with van der Waals surface area (Å²) in [6.07, 6.45) is 2.61. The predicted octanol–water partition coefficient (Wildman–Crippen LogP) is 5.45. The van der Waals surface area contributed by atoms with E-state index in [4.69, 9.17) is 60.8 Å². The Balaban J connectivity index is 0.745. The highest BCUT2D eigenvalue weighted by molar-refractivity contribution is 7.81. The van der Waals surface area contributed by atoms with Gasteiger partial charge in [0.25, 0.3) is 0 Å². The van der Waals surface area contributed by atoms with Crippen molar-refractivity contribution in [3.63, 3.8) is 0 Å². The molecule has 11 rings (SSSR count). The van der Waals surface area contributed by atoms with Gasteiger partial charge < -0.3 is 62.3 Å². The molecule has 0 saturated carbocycles. The number of rotatable bonds is 12. The highest BCUT2D eigenvalue weighted by Gasteiger charge is 2.65. The van der Waals surface area contributed by atoms with E-state index in [2.05, 4.69) is 44.7 Å². The molecule has 0 aromatic carbocycles. The van der Waals surface area contributed by atoms with Crippen LogP contribution in [0.5, 0.6) is 0 Å². The molecule has 4 N–H and O–H groups in total. The summed E-state index contributed by atoms with van der Waals surface area (Å²) in [4.78, 5) is 0. The molecule has 26 atom stereocenters. The third-order valence-corrected chi connectivity index (χ3v) is 20.8. The lowest BCUT2D eigenvalue weighted by Crippen LogP contribution is -2.74. The average molecular weight is 1160 g/mol. The number of hydrogen-bond donors (Lipinski definition) is 4. The van der Waals surface area contributed by atoms with Gasteiger partial charge in [0.1, 0.15) is 35.6 Å². The van der Waals surface area contributed by atoms with Crippen molar-refractivity contribution < 1.29 is 96.6 Å². The fourth-order valence-corrected chi connectivity index (χ4v) is 16.4. The minimum absolute atomic E-state index is 0.0618. The number of ether oxygens (including phenoxy) is 11. The van der Waals surface area contributed by atoms with Crippen molar-refractivity contribution in [2.45, 2.75) is 288 Å². The summed E-state index contributed by atoms with van der Waals surface area (Å²) in [5, 5.41) is 24.0. The van der Waals surface area contributed by atoms with Gasteiger partial charge in [0.05, 0.1) is 121 Å². The van der Waals surface area contributed by atoms with Crippen LogP contribution >= 0.6 is 0 Å². The highest BCUT2D eigenvalue weighted by Crippen LogP contribution is 2.54. The molecule has 0 radical (unpaired) electrons. The van der Waals surface area contributed by atoms with Crippen LogP contribution in [0.3, 0.4) is 0 Å². The van der Waals surface area contributed by atoms with Crippen molar-refractivity contribution in [2.75, 3.05) is 6.61 Å². The Bertz CT molecular complexity index is 2560. The largest absolute Gasteiger partial charge is 0.397 e. The average Bonchev–Trinajstić information content (AvgIpc) is 3.76. The van der Waals surface area contributed by atoms with Crippen LogP contribution in [0.2, 0.25) is 0 Å². The minimum atomic E-state index is -4.91. The number of fused-ring (bicyclic) bond motifs is 10. The van der Waals surface area contributed by atoms with Gasteiger partial charge in [0.15, 0.2) is 0 Å². The zero-order valence-corrected chi connectivity index (χ0v) is 48.0. The standard InChI is InChI=1S/C56H84O21S2/c1-10-12-29(2)13-17-52(5,58)51-31(4)21-40-39(72-51)27-47-56(9,75-40)50(57)49-43(71-47)25-42-48(73-49)30(3)14-18-54(7)45(70-42)28-44-55(8,77-54)19-15-32-33(69-44)22-35-34(66-32)23-36-37(67-35)24-41-38(68-36)26-46(76-79(62,63)64)53(6,74-41)16-11-20-65-78(59,60)61/h10,13,17,30,32-51,57-58H,1-2,4,11-12,14-16,18-28H2,3,5-9H3,(H,59,60,61)(H,62,63,64)/b17-13+/t30-,32-,33+,34+,35-,36-,37+,38+,39+,40-,41-,42-,43+,44-,45+,46-,47-,48+,49+,50+,51-,52+,53+,54-,55+,56+/m0/s1. The van der Waals surface area contributed by atoms with Gasteiger partial charge in [-0.3, -0.25) is 9.11 Å². The lowest BCUT2D eigenvalue weighted by molar-refractivity contribution is -0.369. The molecule has 11 heterocycles. The van der Waals surface area contributed by atoms with E-state index in [1.807, 2.05) is 6.92 Å². The third kappa shape index (κ3) is 11.7. The van der Waals surface area contributed by atoms with Crippen LogP contribution in [0.25, 0.3) is 0 Å². The highest BCUT2D eigenvalue weighted by atomic mass is 32.3. The molecule has 0 aliphatic carbocycles. The molecule has 11 fully saturated rings. The van der Waals surface area contributed by atoms with Crippen molar-refractivity contribution in [1.82, 2.24) is 0 Å². The summed E-state index contributed by atoms with van der Waals surface area (Å²) in [6, 6.07) is 0. The van der Waals surface area contributed by atoms with Crippen molar-refractivity contribution in [2.24, 2.45) is 5.92 Å². The van der Waals surface area contributed by atoms with Crippen LogP contribution in [0.15, 0.2) is 49.1 Å². The quantitative estimate of drug-likeness (QED) is 0.0819. The van der Waals surface area contributed by atoms with Crippen molar-refractivity contribution in [1.29, 1.82) is 0 Å². The number of allylic oxidation sites excluding steroid dienone is 3. The van der Waals surface area contributed by atoms with Crippen molar-refractivity contribution in [3.8, 4) is 0 Å². The van der Waals surface area contributed by atoms with E-state index in [1.165, 1.54) is 0 Å². The maximum absolute atomic E-state index is 12.3. The van der Waals surface area contributed by atoms with Crippen molar-refractivity contribution >= 4 is 20.8 Å². The van der Waals surface area contributed by atoms with Gasteiger partial charge >= 0.3 is 20.8 Å². The van der Waals surface area contributed by atoms with Crippen LogP contribution in [0.4, 0.5) is 0 Å². The summed E-state index contributed by atoms with van der Waals surface area (Å²) >= 11 is 0. The molecule has 446 valence electrons. The molecular weight excluding hydrogens is 1070 g/mol. The van der Waals surface area contributed by atoms with E-state index in [9.17, 15) is 31.6 Å². The molecule has 21 nitrogen and oxygen atoms in total. The molecule has 11 saturated heterocycles. The molecule has 23 heteroatoms. The molecule has 79 heavy (non-hydrogen) atoms. The second-order valence-corrected chi connectivity index (χ2v) is 28.0. The zero-order valence-electron chi connectivity index (χ0n) is 46.3. The number of aliphatic hydroxyl groups is 2. The summed E-state index contributed by atoms with van der Waals surface area (Å²) in [7, 11) is -9.60. The first-order valence-corrected chi connectivity index (χ1v) is 31.4. The molecule has 11 aliphatic rings. The van der Waals surface area contributed by atoms with E-state index in [1.54, 1.807) is 32.1 Å². The molecule has 11 aliphatic heterocycles. The molecule has 0 bridgehead atoms. The Hall–Kier alpha value is -1.82. The monoisotopic (exact) mass is 1160 g/mol. The molecule has 0 aromatic rings. The van der Waals surface area contributed by atoms with E-state index < -0.39 is 116 Å². The maximum Gasteiger partial charge on any atom is 0.397 e. The van der Waals surface area contributed by atoms with Gasteiger partial charge in [0, 0.05) is 44.9 Å². The van der Waals surface area contributed by atoms with Gasteiger partial charge in [-0.2, -0.15) is 16.8 Å². The summed E-state index contributed by atoms with van der Waals surface area (Å²) < 4.78 is 151. The molecule has 0 spiro atoms. The first-order valence-electron chi connectivity index (χ1n) is 28.7. The lowest BCUT2D eigenvalue weighted by atomic mass is 9.73. The Labute approximate surface area is 465 Å². The second-order valence-electron chi connectivity index (χ2n) is 25.9. The SMILES string of the molecule is C=CCC(=C)/C=C/[C@@](C)(O)[C@H]1O[C@@H]2C[C@@H]3O[C@@H]4C[C@@H]5O[C@@H]6C[C@@H]7O[C@@H]8C[C@@H]9O[C@@H]%10C[C@@H]%11O[C@](C)(CCCOS(=O)(=O)O)[C@@H](OS(=O)(=O)O)C[C@H]%11O[C@H]%10C[C@H]9O[C@H]8CC[C@@]7(C)O[C@@]6(C)CC[C@H](C)[C@H]5O[C@H]4[C@@H](O)[C@]3(C)O[C@H]2CC1=C. The van der Waals surface area contributed by atoms with Crippen molar-refractivity contribution in [3.05, 3.63) is 49.1 Å². The van der Waals surface area contributed by atoms with Gasteiger partial charge in [-0.1, -0.05) is 43.9 Å². The van der Waals surface area contributed by atoms with E-state index in [0.29, 0.717) is 69.8 Å². The third-order valence-electron chi connectivity index (χ3n) is 19.8. The Morgan fingerprint density at radius 2 is 1.27 bits per heavy atom. The molecular formula is C56H84O21S2. The Morgan fingerprint density at radius 1 is 0.696 bits per heavy atom. The summed E-state index contributed by atoms with van der Waals surface area (Å²) in [5.41, 5.74) is -3.54. The summed E-state index contributed by atoms with van der Waals surface area (Å²) in [6.45, 7) is 23.5. The normalized spacial score (nSPS) is 50.5. The molecule has 0 amide bonds. The van der Waals surface area contributed by atoms with Crippen LogP contribution in [-0.4, -0.2) is 193 Å². The van der Waals surface area contributed by atoms with Gasteiger partial charge in [-0.15, -0.1) is 6.58 Å². The van der Waals surface area contributed by atoms with E-state index in [0.717, 1.165) is 18.4 Å². The Morgan fingerprint density at radius 3 is 1.92 bits per heavy atom. The van der Waals surface area contributed by atoms with Gasteiger partial charge in [0.2, 0.25) is 0 Å². The van der Waals surface area contributed by atoms with E-state index >= 15 is 0 Å². The first kappa shape index (κ1) is 58.9. The molecule has 0 aromatic heterocycles. The zero-order chi connectivity index (χ0) is 56.4. The number of hydrogen-bond acceptors (Lipinski definition) is 19. The first-order chi connectivity index (χ1) is 37.0. The maximum atomic E-state index is 12.3. The predicted molar refractivity (Wildman–Crippen MR) is 280 cm³/mol. The smallest absolute Gasteiger partial charge is 0.387 e. The minimum Gasteiger partial charge on any atom is -0.387 e. The lowest BCUT2D eigenvalue weighted by Gasteiger charge is -2.61. The topological polar surface area (TPSA) is 269 Å².